The van der Waals surface area contributed by atoms with E-state index in [1.54, 1.807) is 6.07 Å². The van der Waals surface area contributed by atoms with Gasteiger partial charge in [-0.25, -0.2) is 8.42 Å². The summed E-state index contributed by atoms with van der Waals surface area (Å²) in [6, 6.07) is 5.93. The molecule has 0 atom stereocenters. The van der Waals surface area contributed by atoms with Crippen LogP contribution in [0.1, 0.15) is 25.3 Å². The van der Waals surface area contributed by atoms with E-state index >= 15 is 0 Å². The van der Waals surface area contributed by atoms with Crippen LogP contribution >= 0.6 is 0 Å². The van der Waals surface area contributed by atoms with Crippen molar-refractivity contribution in [3.63, 3.8) is 0 Å². The van der Waals surface area contributed by atoms with E-state index in [1.807, 2.05) is 11.6 Å². The lowest BCUT2D eigenvalue weighted by atomic mass is 10.2. The van der Waals surface area contributed by atoms with Crippen LogP contribution in [-0.2, 0) is 16.6 Å². The third kappa shape index (κ3) is 3.56. The van der Waals surface area contributed by atoms with Crippen LogP contribution < -0.4 is 10.0 Å². The molecule has 0 unspecified atom stereocenters. The molecule has 1 aromatic carbocycles. The Morgan fingerprint density at radius 2 is 1.95 bits per heavy atom. The zero-order valence-corrected chi connectivity index (χ0v) is 12.3. The number of hydrogen-bond donors (Lipinski definition) is 2. The summed E-state index contributed by atoms with van der Waals surface area (Å²) < 4.78 is 64.6. The van der Waals surface area contributed by atoms with Crippen LogP contribution in [0.4, 0.5) is 13.2 Å². The van der Waals surface area contributed by atoms with E-state index in [4.69, 9.17) is 0 Å². The molecule has 1 saturated carbocycles. The Morgan fingerprint density at radius 3 is 2.48 bits per heavy atom. The van der Waals surface area contributed by atoms with Crippen molar-refractivity contribution in [3.8, 4) is 0 Å². The highest BCUT2D eigenvalue weighted by Gasteiger charge is 2.65. The molecule has 0 radical (unpaired) electrons. The molecule has 0 spiro atoms. The first kappa shape index (κ1) is 16.3. The number of benzene rings is 1. The van der Waals surface area contributed by atoms with Crippen molar-refractivity contribution in [1.82, 2.24) is 10.0 Å². The summed E-state index contributed by atoms with van der Waals surface area (Å²) in [5, 5.41) is 3.03. The molecule has 0 aromatic heterocycles. The van der Waals surface area contributed by atoms with Crippen molar-refractivity contribution in [2.24, 2.45) is 0 Å². The third-order valence-corrected chi connectivity index (χ3v) is 4.94. The van der Waals surface area contributed by atoms with Crippen molar-refractivity contribution < 1.29 is 21.6 Å². The number of sulfonamides is 1. The van der Waals surface area contributed by atoms with E-state index < -0.39 is 21.7 Å². The minimum Gasteiger partial charge on any atom is -0.313 e. The predicted octanol–water partition coefficient (Wildman–Crippen LogP) is 2.17. The number of rotatable bonds is 6. The molecule has 2 rings (SSSR count). The smallest absolute Gasteiger partial charge is 0.313 e. The molecule has 1 aliphatic carbocycles. The number of nitrogens with one attached hydrogen (secondary N) is 2. The number of hydrogen-bond acceptors (Lipinski definition) is 3. The van der Waals surface area contributed by atoms with Gasteiger partial charge in [-0.05, 0) is 37.1 Å². The maximum Gasteiger partial charge on any atom is 0.407 e. The second-order valence-electron chi connectivity index (χ2n) is 5.11. The summed E-state index contributed by atoms with van der Waals surface area (Å²) in [5.74, 6) is 0. The molecule has 8 heteroatoms. The van der Waals surface area contributed by atoms with Gasteiger partial charge in [0.15, 0.2) is 0 Å². The van der Waals surface area contributed by atoms with Crippen molar-refractivity contribution >= 4 is 10.0 Å². The van der Waals surface area contributed by atoms with Crippen LogP contribution in [0.25, 0.3) is 0 Å². The highest BCUT2D eigenvalue weighted by Crippen LogP contribution is 2.49. The Kier molecular flexibility index (Phi) is 4.32. The summed E-state index contributed by atoms with van der Waals surface area (Å²) in [6.07, 6.45) is -5.00. The van der Waals surface area contributed by atoms with Crippen LogP contribution in [0.2, 0.25) is 0 Å². The lowest BCUT2D eigenvalue weighted by Gasteiger charge is -2.20. The van der Waals surface area contributed by atoms with Crippen LogP contribution in [0.3, 0.4) is 0 Å². The fourth-order valence-electron chi connectivity index (χ4n) is 1.98. The van der Waals surface area contributed by atoms with Crippen molar-refractivity contribution in [1.29, 1.82) is 0 Å². The molecule has 21 heavy (non-hydrogen) atoms. The highest BCUT2D eigenvalue weighted by atomic mass is 32.2. The zero-order valence-electron chi connectivity index (χ0n) is 11.5. The molecule has 0 bridgehead atoms. The van der Waals surface area contributed by atoms with E-state index in [1.165, 1.54) is 18.2 Å². The largest absolute Gasteiger partial charge is 0.407 e. The van der Waals surface area contributed by atoms with Gasteiger partial charge < -0.3 is 5.32 Å². The maximum atomic E-state index is 12.9. The summed E-state index contributed by atoms with van der Waals surface area (Å²) in [6.45, 7) is 3.08. The van der Waals surface area contributed by atoms with Gasteiger partial charge in [0.05, 0.1) is 4.90 Å². The molecule has 0 saturated heterocycles. The normalized spacial score (nSPS) is 17.7. The third-order valence-electron chi connectivity index (χ3n) is 3.41. The van der Waals surface area contributed by atoms with Crippen LogP contribution in [0.5, 0.6) is 0 Å². The van der Waals surface area contributed by atoms with Gasteiger partial charge in [0.2, 0.25) is 10.0 Å². The molecule has 2 N–H and O–H groups in total. The van der Waals surface area contributed by atoms with Gasteiger partial charge >= 0.3 is 6.18 Å². The average molecular weight is 322 g/mol. The minimum atomic E-state index is -4.57. The molecular formula is C13H17F3N2O2S. The summed E-state index contributed by atoms with van der Waals surface area (Å²) >= 11 is 0. The summed E-state index contributed by atoms with van der Waals surface area (Å²) in [4.78, 5) is -0.145. The first-order valence-electron chi connectivity index (χ1n) is 6.60. The van der Waals surface area contributed by atoms with E-state index in [0.29, 0.717) is 18.7 Å². The Morgan fingerprint density at radius 1 is 1.29 bits per heavy atom. The fourth-order valence-corrected chi connectivity index (χ4v) is 3.49. The Bertz CT molecular complexity index is 610. The second-order valence-corrected chi connectivity index (χ2v) is 6.80. The van der Waals surface area contributed by atoms with Gasteiger partial charge in [-0.2, -0.15) is 17.9 Å². The molecule has 1 fully saturated rings. The quantitative estimate of drug-likeness (QED) is 0.844. The molecule has 118 valence electrons. The second kappa shape index (κ2) is 5.58. The van der Waals surface area contributed by atoms with Gasteiger partial charge in [-0.3, -0.25) is 0 Å². The topological polar surface area (TPSA) is 58.2 Å². The van der Waals surface area contributed by atoms with Gasteiger partial charge in [0.25, 0.3) is 0 Å². The average Bonchev–Trinajstić information content (AvgIpc) is 3.16. The molecule has 4 nitrogen and oxygen atoms in total. The monoisotopic (exact) mass is 322 g/mol. The maximum absolute atomic E-state index is 12.9. The van der Waals surface area contributed by atoms with E-state index in [0.717, 1.165) is 0 Å². The Hall–Kier alpha value is -1.12. The Labute approximate surface area is 121 Å². The van der Waals surface area contributed by atoms with Crippen molar-refractivity contribution in [2.45, 2.75) is 42.9 Å². The molecule has 1 aromatic rings. The van der Waals surface area contributed by atoms with E-state index in [9.17, 15) is 21.6 Å². The van der Waals surface area contributed by atoms with Gasteiger partial charge in [-0.1, -0.05) is 19.1 Å². The van der Waals surface area contributed by atoms with Gasteiger partial charge in [0, 0.05) is 6.54 Å². The summed E-state index contributed by atoms with van der Waals surface area (Å²) in [7, 11) is -4.18. The molecule has 0 heterocycles. The summed E-state index contributed by atoms with van der Waals surface area (Å²) in [5.41, 5.74) is -1.58. The molecule has 1 aliphatic rings. The first-order valence-corrected chi connectivity index (χ1v) is 8.09. The fraction of sp³-hybridized carbons (Fsp3) is 0.538. The van der Waals surface area contributed by atoms with E-state index in [2.05, 4.69) is 5.32 Å². The SMILES string of the molecule is CCNCc1cccc(S(=O)(=O)NC2(C(F)(F)F)CC2)c1. The van der Waals surface area contributed by atoms with Crippen molar-refractivity contribution in [2.75, 3.05) is 6.54 Å². The number of halogens is 3. The highest BCUT2D eigenvalue weighted by molar-refractivity contribution is 7.89. The Balaban J connectivity index is 2.20. The zero-order chi connectivity index (χ0) is 15.7. The van der Waals surface area contributed by atoms with Gasteiger partial charge in [0.1, 0.15) is 5.54 Å². The first-order chi connectivity index (χ1) is 9.70. The predicted molar refractivity (Wildman–Crippen MR) is 72.2 cm³/mol. The van der Waals surface area contributed by atoms with E-state index in [-0.39, 0.29) is 17.7 Å². The number of alkyl halides is 3. The molecular weight excluding hydrogens is 305 g/mol. The van der Waals surface area contributed by atoms with Crippen LogP contribution in [0, 0.1) is 0 Å². The molecule has 0 amide bonds. The van der Waals surface area contributed by atoms with Crippen molar-refractivity contribution in [3.05, 3.63) is 29.8 Å². The van der Waals surface area contributed by atoms with Crippen LogP contribution in [0.15, 0.2) is 29.2 Å². The van der Waals surface area contributed by atoms with Crippen LogP contribution in [-0.4, -0.2) is 26.7 Å². The standard InChI is InChI=1S/C13H17F3N2O2S/c1-2-17-9-10-4-3-5-11(8-10)21(19,20)18-12(6-7-12)13(14,15)16/h3-5,8,17-18H,2,6-7,9H2,1H3. The molecule has 0 aliphatic heterocycles. The van der Waals surface area contributed by atoms with Gasteiger partial charge in [-0.15, -0.1) is 0 Å². The minimum absolute atomic E-state index is 0.145. The lowest BCUT2D eigenvalue weighted by Crippen LogP contribution is -2.47. The lowest BCUT2D eigenvalue weighted by molar-refractivity contribution is -0.160.